The van der Waals surface area contributed by atoms with Crippen LogP contribution < -0.4 is 4.74 Å². The molecular formula is C22H25N3O5S. The van der Waals surface area contributed by atoms with Crippen molar-refractivity contribution < 1.29 is 22.7 Å². The zero-order chi connectivity index (χ0) is 22.2. The standard InChI is InChI=1S/C22H25N3O5S/c1-24(13-15-3-4-17-12-19(30-2)6-5-16(17)11-15)22(27)20-7-8-21(26)25(23-20)18-9-10-31(28,29)14-18/h3-6,11-12,18H,7-10,13-14H2,1-2H3. The van der Waals surface area contributed by atoms with Gasteiger partial charge in [0.2, 0.25) is 5.91 Å². The second-order valence-electron chi connectivity index (χ2n) is 8.05. The molecule has 1 fully saturated rings. The highest BCUT2D eigenvalue weighted by Crippen LogP contribution is 2.24. The molecule has 2 aromatic carbocycles. The zero-order valence-electron chi connectivity index (χ0n) is 17.6. The molecule has 164 valence electrons. The molecule has 1 unspecified atom stereocenters. The van der Waals surface area contributed by atoms with Gasteiger partial charge in [0, 0.05) is 26.4 Å². The lowest BCUT2D eigenvalue weighted by Gasteiger charge is -2.29. The largest absolute Gasteiger partial charge is 0.497 e. The average molecular weight is 444 g/mol. The molecule has 8 nitrogen and oxygen atoms in total. The van der Waals surface area contributed by atoms with Crippen LogP contribution in [0.5, 0.6) is 5.75 Å². The number of amides is 2. The molecule has 0 bridgehead atoms. The highest BCUT2D eigenvalue weighted by molar-refractivity contribution is 7.91. The van der Waals surface area contributed by atoms with Crippen LogP contribution in [-0.4, -0.2) is 67.6 Å². The molecule has 0 aromatic heterocycles. The quantitative estimate of drug-likeness (QED) is 0.704. The number of sulfone groups is 1. The summed E-state index contributed by atoms with van der Waals surface area (Å²) >= 11 is 0. The minimum Gasteiger partial charge on any atom is -0.497 e. The van der Waals surface area contributed by atoms with E-state index in [1.807, 2.05) is 36.4 Å². The third kappa shape index (κ3) is 4.56. The molecule has 1 atom stereocenters. The van der Waals surface area contributed by atoms with Gasteiger partial charge in [-0.25, -0.2) is 13.4 Å². The summed E-state index contributed by atoms with van der Waals surface area (Å²) in [6.07, 6.45) is 0.777. The number of hydrazone groups is 1. The molecule has 2 amide bonds. The number of methoxy groups -OCH3 is 1. The summed E-state index contributed by atoms with van der Waals surface area (Å²) in [5, 5.41) is 7.59. The van der Waals surface area contributed by atoms with E-state index in [4.69, 9.17) is 4.74 Å². The van der Waals surface area contributed by atoms with Crippen LogP contribution in [-0.2, 0) is 26.0 Å². The van der Waals surface area contributed by atoms with Gasteiger partial charge in [0.15, 0.2) is 9.84 Å². The zero-order valence-corrected chi connectivity index (χ0v) is 18.4. The fourth-order valence-corrected chi connectivity index (χ4v) is 5.74. The highest BCUT2D eigenvalue weighted by Gasteiger charge is 2.37. The molecule has 4 rings (SSSR count). The van der Waals surface area contributed by atoms with Gasteiger partial charge in [0.05, 0.1) is 24.7 Å². The van der Waals surface area contributed by atoms with Crippen molar-refractivity contribution in [2.24, 2.45) is 5.10 Å². The van der Waals surface area contributed by atoms with Crippen LogP contribution in [0.2, 0.25) is 0 Å². The van der Waals surface area contributed by atoms with Gasteiger partial charge < -0.3 is 9.64 Å². The number of carbonyl (C=O) groups excluding carboxylic acids is 2. The van der Waals surface area contributed by atoms with E-state index in [1.54, 1.807) is 19.1 Å². The number of carbonyl (C=O) groups is 2. The Kier molecular flexibility index (Phi) is 5.70. The summed E-state index contributed by atoms with van der Waals surface area (Å²) in [5.74, 6) is 0.256. The summed E-state index contributed by atoms with van der Waals surface area (Å²) in [7, 11) is 0.176. The minimum atomic E-state index is -3.15. The Labute approximate surface area is 181 Å². The second-order valence-corrected chi connectivity index (χ2v) is 10.3. The molecule has 1 saturated heterocycles. The Balaban J connectivity index is 1.49. The molecule has 0 N–H and O–H groups in total. The van der Waals surface area contributed by atoms with Crippen LogP contribution in [0, 0.1) is 0 Å². The highest BCUT2D eigenvalue weighted by atomic mass is 32.2. The van der Waals surface area contributed by atoms with E-state index < -0.39 is 15.9 Å². The maximum absolute atomic E-state index is 13.0. The number of fused-ring (bicyclic) bond motifs is 1. The Morgan fingerprint density at radius 2 is 1.94 bits per heavy atom. The fourth-order valence-electron chi connectivity index (χ4n) is 4.04. The Morgan fingerprint density at radius 3 is 2.65 bits per heavy atom. The molecule has 0 saturated carbocycles. The van der Waals surface area contributed by atoms with E-state index in [-0.39, 0.29) is 41.9 Å². The minimum absolute atomic E-state index is 0.0496. The molecule has 2 aliphatic heterocycles. The molecular weight excluding hydrogens is 418 g/mol. The van der Waals surface area contributed by atoms with E-state index >= 15 is 0 Å². The van der Waals surface area contributed by atoms with Crippen molar-refractivity contribution in [1.29, 1.82) is 0 Å². The van der Waals surface area contributed by atoms with E-state index in [0.717, 1.165) is 22.1 Å². The van der Waals surface area contributed by atoms with Crippen molar-refractivity contribution in [2.45, 2.75) is 31.8 Å². The van der Waals surface area contributed by atoms with Gasteiger partial charge in [-0.2, -0.15) is 5.10 Å². The van der Waals surface area contributed by atoms with Gasteiger partial charge >= 0.3 is 0 Å². The maximum atomic E-state index is 13.0. The van der Waals surface area contributed by atoms with Crippen molar-refractivity contribution in [3.8, 4) is 5.75 Å². The number of hydrogen-bond donors (Lipinski definition) is 0. The van der Waals surface area contributed by atoms with Crippen molar-refractivity contribution in [2.75, 3.05) is 25.7 Å². The van der Waals surface area contributed by atoms with E-state index in [0.29, 0.717) is 13.0 Å². The first-order chi connectivity index (χ1) is 14.8. The number of ether oxygens (including phenoxy) is 1. The van der Waals surface area contributed by atoms with Gasteiger partial charge in [-0.15, -0.1) is 0 Å². The van der Waals surface area contributed by atoms with E-state index in [9.17, 15) is 18.0 Å². The predicted molar refractivity (Wildman–Crippen MR) is 118 cm³/mol. The summed E-state index contributed by atoms with van der Waals surface area (Å²) < 4.78 is 28.8. The first kappa shape index (κ1) is 21.3. The Hall–Kier alpha value is -2.94. The van der Waals surface area contributed by atoms with Gasteiger partial charge in [-0.1, -0.05) is 18.2 Å². The molecule has 9 heteroatoms. The molecule has 31 heavy (non-hydrogen) atoms. The van der Waals surface area contributed by atoms with E-state index in [2.05, 4.69) is 5.10 Å². The molecule has 0 spiro atoms. The van der Waals surface area contributed by atoms with Crippen LogP contribution in [0.4, 0.5) is 0 Å². The summed E-state index contributed by atoms with van der Waals surface area (Å²) in [6.45, 7) is 0.394. The first-order valence-corrected chi connectivity index (χ1v) is 12.0. The Morgan fingerprint density at radius 1 is 1.19 bits per heavy atom. The third-order valence-corrected chi connectivity index (χ3v) is 7.49. The molecule has 2 heterocycles. The summed E-state index contributed by atoms with van der Waals surface area (Å²) in [4.78, 5) is 26.8. The monoisotopic (exact) mass is 443 g/mol. The van der Waals surface area contributed by atoms with Gasteiger partial charge in [-0.05, 0) is 41.0 Å². The first-order valence-electron chi connectivity index (χ1n) is 10.2. The number of nitrogens with zero attached hydrogens (tertiary/aromatic N) is 3. The second kappa shape index (κ2) is 8.30. The topological polar surface area (TPSA) is 96.3 Å². The number of hydrogen-bond acceptors (Lipinski definition) is 6. The van der Waals surface area contributed by atoms with Crippen molar-refractivity contribution in [1.82, 2.24) is 9.91 Å². The maximum Gasteiger partial charge on any atom is 0.270 e. The lowest BCUT2D eigenvalue weighted by molar-refractivity contribution is -0.134. The van der Waals surface area contributed by atoms with Crippen molar-refractivity contribution in [3.05, 3.63) is 42.0 Å². The lowest BCUT2D eigenvalue weighted by atomic mass is 10.1. The summed E-state index contributed by atoms with van der Waals surface area (Å²) in [5.41, 5.74) is 1.26. The Bertz CT molecular complexity index is 1170. The third-order valence-electron chi connectivity index (χ3n) is 5.74. The van der Waals surface area contributed by atoms with Crippen LogP contribution in [0.3, 0.4) is 0 Å². The van der Waals surface area contributed by atoms with Crippen molar-refractivity contribution in [3.63, 3.8) is 0 Å². The van der Waals surface area contributed by atoms with Crippen molar-refractivity contribution >= 4 is 38.1 Å². The summed E-state index contributed by atoms with van der Waals surface area (Å²) in [6, 6.07) is 11.3. The molecule has 2 aliphatic rings. The van der Waals surface area contributed by atoms with Crippen LogP contribution >= 0.6 is 0 Å². The normalized spacial score (nSPS) is 20.6. The molecule has 0 aliphatic carbocycles. The SMILES string of the molecule is COc1ccc2cc(CN(C)C(=O)C3=NN(C4CCS(=O)(=O)C4)C(=O)CC3)ccc2c1. The van der Waals surface area contributed by atoms with Crippen LogP contribution in [0.1, 0.15) is 24.8 Å². The predicted octanol–water partition coefficient (Wildman–Crippen LogP) is 1.97. The van der Waals surface area contributed by atoms with Crippen LogP contribution in [0.15, 0.2) is 41.5 Å². The molecule has 2 aromatic rings. The van der Waals surface area contributed by atoms with Gasteiger partial charge in [0.1, 0.15) is 11.5 Å². The average Bonchev–Trinajstić information content (AvgIpc) is 3.12. The van der Waals surface area contributed by atoms with E-state index in [1.165, 1.54) is 5.01 Å². The van der Waals surface area contributed by atoms with Crippen LogP contribution in [0.25, 0.3) is 10.8 Å². The smallest absolute Gasteiger partial charge is 0.270 e. The van der Waals surface area contributed by atoms with Gasteiger partial charge in [0.25, 0.3) is 5.91 Å². The fraction of sp³-hybridized carbons (Fsp3) is 0.409. The van der Waals surface area contributed by atoms with Gasteiger partial charge in [-0.3, -0.25) is 9.59 Å². The molecule has 0 radical (unpaired) electrons. The number of benzene rings is 2. The number of rotatable bonds is 5. The lowest BCUT2D eigenvalue weighted by Crippen LogP contribution is -2.44.